The number of esters is 1. The lowest BCUT2D eigenvalue weighted by Crippen LogP contribution is -2.06. The van der Waals surface area contributed by atoms with Crippen LogP contribution in [0.5, 0.6) is 0 Å². The highest BCUT2D eigenvalue weighted by molar-refractivity contribution is 5.96. The molecule has 0 saturated heterocycles. The van der Waals surface area contributed by atoms with Crippen LogP contribution < -0.4 is 0 Å². The largest absolute Gasteiger partial charge is 0.460 e. The number of nitrogens with one attached hydrogen (secondary N) is 1. The van der Waals surface area contributed by atoms with E-state index in [0.29, 0.717) is 22.2 Å². The van der Waals surface area contributed by atoms with Crippen molar-refractivity contribution < 1.29 is 13.9 Å². The van der Waals surface area contributed by atoms with Gasteiger partial charge in [-0.25, -0.2) is 14.2 Å². The Morgan fingerprint density at radius 2 is 2.00 bits per heavy atom. The van der Waals surface area contributed by atoms with E-state index in [1.165, 1.54) is 6.07 Å². The molecule has 1 heterocycles. The summed E-state index contributed by atoms with van der Waals surface area (Å²) in [5.41, 5.74) is 0.652. The smallest absolute Gasteiger partial charge is 0.375 e. The number of hydrogen-bond acceptors (Lipinski definition) is 4. The van der Waals surface area contributed by atoms with Crippen molar-refractivity contribution in [3.63, 3.8) is 0 Å². The Kier molecular flexibility index (Phi) is 3.35. The standard InChI is InChI=1S/C15H12FN3O2/c1-2-21-15(20)14-17-13(18-19-14)11-7-8-12(16)10-6-4-3-5-9(10)11/h3-8H,2H2,1H3,(H,17,18,19). The lowest BCUT2D eigenvalue weighted by atomic mass is 10.0. The van der Waals surface area contributed by atoms with Gasteiger partial charge < -0.3 is 4.74 Å². The van der Waals surface area contributed by atoms with E-state index < -0.39 is 5.97 Å². The van der Waals surface area contributed by atoms with Gasteiger partial charge in [0.1, 0.15) is 5.82 Å². The molecule has 5 nitrogen and oxygen atoms in total. The Morgan fingerprint density at radius 3 is 2.76 bits per heavy atom. The topological polar surface area (TPSA) is 67.9 Å². The fraction of sp³-hybridized carbons (Fsp3) is 0.133. The van der Waals surface area contributed by atoms with E-state index in [-0.39, 0.29) is 18.2 Å². The first-order valence-corrected chi connectivity index (χ1v) is 6.48. The van der Waals surface area contributed by atoms with Gasteiger partial charge in [0.15, 0.2) is 5.82 Å². The van der Waals surface area contributed by atoms with Gasteiger partial charge in [-0.2, -0.15) is 5.10 Å². The highest BCUT2D eigenvalue weighted by Gasteiger charge is 2.16. The first-order valence-electron chi connectivity index (χ1n) is 6.48. The molecule has 0 aliphatic rings. The number of carbonyl (C=O) groups is 1. The number of fused-ring (bicyclic) bond motifs is 1. The number of ether oxygens (including phenoxy) is 1. The zero-order valence-electron chi connectivity index (χ0n) is 11.3. The first kappa shape index (κ1) is 13.2. The molecule has 1 N–H and O–H groups in total. The van der Waals surface area contributed by atoms with E-state index in [4.69, 9.17) is 4.74 Å². The van der Waals surface area contributed by atoms with Crippen LogP contribution in [0.1, 0.15) is 17.5 Å². The van der Waals surface area contributed by atoms with Crippen LogP contribution in [0.3, 0.4) is 0 Å². The normalized spacial score (nSPS) is 10.8. The molecule has 0 aliphatic carbocycles. The molecule has 0 radical (unpaired) electrons. The van der Waals surface area contributed by atoms with E-state index in [1.54, 1.807) is 31.2 Å². The predicted molar refractivity (Wildman–Crippen MR) is 75.2 cm³/mol. The Labute approximate surface area is 119 Å². The number of aromatic amines is 1. The Hall–Kier alpha value is -2.76. The third-order valence-electron chi connectivity index (χ3n) is 3.07. The Balaban J connectivity index is 2.09. The second kappa shape index (κ2) is 5.32. The van der Waals surface area contributed by atoms with Crippen molar-refractivity contribution in [2.45, 2.75) is 6.92 Å². The van der Waals surface area contributed by atoms with Crippen LogP contribution in [0, 0.1) is 5.82 Å². The summed E-state index contributed by atoms with van der Waals surface area (Å²) in [4.78, 5) is 15.7. The second-order valence-corrected chi connectivity index (χ2v) is 4.37. The number of nitrogens with zero attached hydrogens (tertiary/aromatic N) is 2. The van der Waals surface area contributed by atoms with Crippen LogP contribution in [-0.2, 0) is 4.74 Å². The molecule has 0 amide bonds. The molecule has 1 aromatic heterocycles. The van der Waals surface area contributed by atoms with E-state index in [2.05, 4.69) is 15.2 Å². The maximum absolute atomic E-state index is 13.8. The van der Waals surface area contributed by atoms with E-state index in [9.17, 15) is 9.18 Å². The summed E-state index contributed by atoms with van der Waals surface area (Å²) in [5.74, 6) is -0.521. The molecule has 0 unspecified atom stereocenters. The van der Waals surface area contributed by atoms with Gasteiger partial charge in [-0.3, -0.25) is 5.10 Å². The summed E-state index contributed by atoms with van der Waals surface area (Å²) in [7, 11) is 0. The lowest BCUT2D eigenvalue weighted by molar-refractivity contribution is 0.0512. The summed E-state index contributed by atoms with van der Waals surface area (Å²) >= 11 is 0. The van der Waals surface area contributed by atoms with Gasteiger partial charge >= 0.3 is 5.97 Å². The van der Waals surface area contributed by atoms with Gasteiger partial charge in [-0.05, 0) is 24.4 Å². The minimum Gasteiger partial charge on any atom is -0.460 e. The van der Waals surface area contributed by atoms with Crippen molar-refractivity contribution in [1.82, 2.24) is 15.2 Å². The molecule has 106 valence electrons. The Morgan fingerprint density at radius 1 is 1.24 bits per heavy atom. The van der Waals surface area contributed by atoms with E-state index >= 15 is 0 Å². The zero-order valence-corrected chi connectivity index (χ0v) is 11.3. The van der Waals surface area contributed by atoms with Crippen molar-refractivity contribution in [2.24, 2.45) is 0 Å². The van der Waals surface area contributed by atoms with Crippen molar-refractivity contribution in [2.75, 3.05) is 6.61 Å². The molecule has 0 fully saturated rings. The molecule has 6 heteroatoms. The average molecular weight is 285 g/mol. The van der Waals surface area contributed by atoms with Gasteiger partial charge in [-0.1, -0.05) is 24.3 Å². The van der Waals surface area contributed by atoms with Gasteiger partial charge in [0, 0.05) is 10.9 Å². The van der Waals surface area contributed by atoms with Crippen LogP contribution >= 0.6 is 0 Å². The SMILES string of the molecule is CCOC(=O)c1nc(-c2ccc(F)c3ccccc23)n[nH]1. The summed E-state index contributed by atoms with van der Waals surface area (Å²) in [6, 6.07) is 10.00. The zero-order chi connectivity index (χ0) is 14.8. The molecule has 3 rings (SSSR count). The fourth-order valence-corrected chi connectivity index (χ4v) is 2.13. The van der Waals surface area contributed by atoms with Crippen LogP contribution in [0.2, 0.25) is 0 Å². The van der Waals surface area contributed by atoms with Gasteiger partial charge in [0.2, 0.25) is 5.82 Å². The van der Waals surface area contributed by atoms with Crippen LogP contribution in [0.25, 0.3) is 22.2 Å². The molecule has 0 aliphatic heterocycles. The predicted octanol–water partition coefficient (Wildman–Crippen LogP) is 2.94. The molecular weight excluding hydrogens is 273 g/mol. The number of rotatable bonds is 3. The molecule has 0 bridgehead atoms. The highest BCUT2D eigenvalue weighted by Crippen LogP contribution is 2.28. The lowest BCUT2D eigenvalue weighted by Gasteiger charge is -2.03. The molecule has 2 aromatic carbocycles. The van der Waals surface area contributed by atoms with Crippen molar-refractivity contribution in [3.8, 4) is 11.4 Å². The maximum Gasteiger partial charge on any atom is 0.375 e. The number of benzene rings is 2. The fourth-order valence-electron chi connectivity index (χ4n) is 2.13. The Bertz CT molecular complexity index is 814. The number of H-pyrrole nitrogens is 1. The summed E-state index contributed by atoms with van der Waals surface area (Å²) in [5, 5.41) is 7.72. The second-order valence-electron chi connectivity index (χ2n) is 4.37. The van der Waals surface area contributed by atoms with Gasteiger partial charge in [-0.15, -0.1) is 0 Å². The summed E-state index contributed by atoms with van der Waals surface area (Å²) < 4.78 is 18.6. The minimum absolute atomic E-state index is 0.0280. The van der Waals surface area contributed by atoms with Crippen LogP contribution in [-0.4, -0.2) is 27.8 Å². The molecule has 0 atom stereocenters. The summed E-state index contributed by atoms with van der Waals surface area (Å²) in [6.07, 6.45) is 0. The number of aromatic nitrogens is 3. The van der Waals surface area contributed by atoms with Crippen LogP contribution in [0.4, 0.5) is 4.39 Å². The van der Waals surface area contributed by atoms with Crippen molar-refractivity contribution in [3.05, 3.63) is 48.0 Å². The monoisotopic (exact) mass is 285 g/mol. The number of hydrogen-bond donors (Lipinski definition) is 1. The quantitative estimate of drug-likeness (QED) is 0.751. The van der Waals surface area contributed by atoms with Crippen molar-refractivity contribution >= 4 is 16.7 Å². The average Bonchev–Trinajstić information content (AvgIpc) is 2.98. The van der Waals surface area contributed by atoms with E-state index in [0.717, 1.165) is 0 Å². The minimum atomic E-state index is -0.567. The first-order chi connectivity index (χ1) is 10.2. The van der Waals surface area contributed by atoms with Gasteiger partial charge in [0.05, 0.1) is 6.61 Å². The molecule has 0 saturated carbocycles. The molecule has 0 spiro atoms. The third kappa shape index (κ3) is 2.35. The van der Waals surface area contributed by atoms with E-state index in [1.807, 2.05) is 6.07 Å². The van der Waals surface area contributed by atoms with Crippen molar-refractivity contribution in [1.29, 1.82) is 0 Å². The molecule has 21 heavy (non-hydrogen) atoms. The summed E-state index contributed by atoms with van der Waals surface area (Å²) in [6.45, 7) is 1.97. The number of carbonyl (C=O) groups excluding carboxylic acids is 1. The van der Waals surface area contributed by atoms with Gasteiger partial charge in [0.25, 0.3) is 0 Å². The van der Waals surface area contributed by atoms with Crippen LogP contribution in [0.15, 0.2) is 36.4 Å². The maximum atomic E-state index is 13.8. The molecular formula is C15H12FN3O2. The third-order valence-corrected chi connectivity index (χ3v) is 3.07. The highest BCUT2D eigenvalue weighted by atomic mass is 19.1. The molecule has 3 aromatic rings. The number of halogens is 1.